The summed E-state index contributed by atoms with van der Waals surface area (Å²) < 4.78 is 1.63. The van der Waals surface area contributed by atoms with Crippen LogP contribution >= 0.6 is 11.3 Å². The Morgan fingerprint density at radius 1 is 1.50 bits per heavy atom. The average Bonchev–Trinajstić information content (AvgIpc) is 3.07. The predicted molar refractivity (Wildman–Crippen MR) is 77.8 cm³/mol. The number of aryl methyl sites for hydroxylation is 2. The molecule has 0 spiro atoms. The zero-order valence-electron chi connectivity index (χ0n) is 11.7. The molecule has 0 bridgehead atoms. The van der Waals surface area contributed by atoms with Crippen molar-refractivity contribution in [3.63, 3.8) is 0 Å². The number of rotatable bonds is 5. The number of hydrogen-bond acceptors (Lipinski definition) is 4. The van der Waals surface area contributed by atoms with Crippen molar-refractivity contribution in [2.45, 2.75) is 38.6 Å². The molecule has 106 valence electrons. The lowest BCUT2D eigenvalue weighted by Gasteiger charge is -2.03. The van der Waals surface area contributed by atoms with E-state index in [1.807, 2.05) is 18.4 Å². The van der Waals surface area contributed by atoms with Gasteiger partial charge in [-0.25, -0.2) is 4.98 Å². The van der Waals surface area contributed by atoms with Gasteiger partial charge >= 0.3 is 0 Å². The van der Waals surface area contributed by atoms with Gasteiger partial charge in [0.15, 0.2) is 0 Å². The van der Waals surface area contributed by atoms with Crippen LogP contribution in [-0.2, 0) is 20.0 Å². The van der Waals surface area contributed by atoms with Crippen LogP contribution in [0.5, 0.6) is 0 Å². The SMILES string of the molecule is CCc1cc(C(=O)NCc2csc(C3CC3)n2)n(C)n1. The number of carbonyl (C=O) groups is 1. The second kappa shape index (κ2) is 5.36. The molecule has 1 amide bonds. The first-order chi connectivity index (χ1) is 9.67. The molecule has 1 saturated carbocycles. The van der Waals surface area contributed by atoms with Gasteiger partial charge in [-0.15, -0.1) is 11.3 Å². The fourth-order valence-corrected chi connectivity index (χ4v) is 3.09. The third kappa shape index (κ3) is 2.75. The Morgan fingerprint density at radius 2 is 2.30 bits per heavy atom. The molecule has 1 N–H and O–H groups in total. The Bertz CT molecular complexity index is 627. The van der Waals surface area contributed by atoms with Crippen LogP contribution in [0, 0.1) is 0 Å². The van der Waals surface area contributed by atoms with Crippen molar-refractivity contribution < 1.29 is 4.79 Å². The van der Waals surface area contributed by atoms with Gasteiger partial charge in [0.25, 0.3) is 5.91 Å². The van der Waals surface area contributed by atoms with Crippen LogP contribution in [0.3, 0.4) is 0 Å². The van der Waals surface area contributed by atoms with Crippen molar-refractivity contribution in [2.24, 2.45) is 7.05 Å². The normalized spacial score (nSPS) is 14.5. The number of hydrogen-bond donors (Lipinski definition) is 1. The molecular formula is C14H18N4OS. The minimum Gasteiger partial charge on any atom is -0.345 e. The van der Waals surface area contributed by atoms with Crippen LogP contribution < -0.4 is 5.32 Å². The molecule has 20 heavy (non-hydrogen) atoms. The molecule has 0 saturated heterocycles. The van der Waals surface area contributed by atoms with Gasteiger partial charge in [0, 0.05) is 18.3 Å². The summed E-state index contributed by atoms with van der Waals surface area (Å²) in [5, 5.41) is 10.4. The van der Waals surface area contributed by atoms with Crippen LogP contribution in [-0.4, -0.2) is 20.7 Å². The molecule has 1 aliphatic rings. The molecule has 0 aliphatic heterocycles. The number of thiazole rings is 1. The van der Waals surface area contributed by atoms with E-state index in [0.717, 1.165) is 17.8 Å². The molecule has 0 aromatic carbocycles. The number of amides is 1. The highest BCUT2D eigenvalue weighted by Crippen LogP contribution is 2.41. The first-order valence-corrected chi connectivity index (χ1v) is 7.80. The maximum atomic E-state index is 12.1. The van der Waals surface area contributed by atoms with Crippen LogP contribution in [0.15, 0.2) is 11.4 Å². The van der Waals surface area contributed by atoms with Crippen molar-refractivity contribution in [3.8, 4) is 0 Å². The van der Waals surface area contributed by atoms with E-state index < -0.39 is 0 Å². The highest BCUT2D eigenvalue weighted by atomic mass is 32.1. The van der Waals surface area contributed by atoms with E-state index in [4.69, 9.17) is 0 Å². The molecule has 2 aromatic heterocycles. The van der Waals surface area contributed by atoms with Crippen LogP contribution in [0.4, 0.5) is 0 Å². The fraction of sp³-hybridized carbons (Fsp3) is 0.500. The van der Waals surface area contributed by atoms with Crippen molar-refractivity contribution >= 4 is 17.2 Å². The van der Waals surface area contributed by atoms with E-state index in [1.54, 1.807) is 23.1 Å². The summed E-state index contributed by atoms with van der Waals surface area (Å²) in [5.41, 5.74) is 2.48. The summed E-state index contributed by atoms with van der Waals surface area (Å²) in [5.74, 6) is 0.578. The molecule has 0 atom stereocenters. The van der Waals surface area contributed by atoms with Crippen molar-refractivity contribution in [1.29, 1.82) is 0 Å². The van der Waals surface area contributed by atoms with Gasteiger partial charge in [-0.1, -0.05) is 6.92 Å². The van der Waals surface area contributed by atoms with Gasteiger partial charge in [-0.05, 0) is 25.3 Å². The number of carbonyl (C=O) groups excluding carboxylic acids is 1. The lowest BCUT2D eigenvalue weighted by molar-refractivity contribution is 0.0941. The van der Waals surface area contributed by atoms with Crippen molar-refractivity contribution in [3.05, 3.63) is 33.5 Å². The molecule has 2 heterocycles. The molecule has 6 heteroatoms. The Balaban J connectivity index is 1.61. The van der Waals surface area contributed by atoms with Crippen LogP contribution in [0.2, 0.25) is 0 Å². The van der Waals surface area contributed by atoms with E-state index >= 15 is 0 Å². The van der Waals surface area contributed by atoms with Gasteiger partial charge < -0.3 is 5.32 Å². The third-order valence-electron chi connectivity index (χ3n) is 3.45. The molecule has 5 nitrogen and oxygen atoms in total. The summed E-state index contributed by atoms with van der Waals surface area (Å²) in [7, 11) is 1.79. The third-order valence-corrected chi connectivity index (χ3v) is 4.51. The Hall–Kier alpha value is -1.69. The monoisotopic (exact) mass is 290 g/mol. The summed E-state index contributed by atoms with van der Waals surface area (Å²) in [6.07, 6.45) is 3.35. The molecule has 1 aliphatic carbocycles. The van der Waals surface area contributed by atoms with Crippen LogP contribution in [0.25, 0.3) is 0 Å². The number of nitrogens with one attached hydrogen (secondary N) is 1. The maximum Gasteiger partial charge on any atom is 0.269 e. The number of aromatic nitrogens is 3. The molecule has 1 fully saturated rings. The fourth-order valence-electron chi connectivity index (χ4n) is 2.09. The van der Waals surface area contributed by atoms with Gasteiger partial charge in [-0.3, -0.25) is 9.48 Å². The Kier molecular flexibility index (Phi) is 3.56. The Labute approximate surface area is 122 Å². The zero-order valence-corrected chi connectivity index (χ0v) is 12.5. The molecule has 2 aromatic rings. The first-order valence-electron chi connectivity index (χ1n) is 6.92. The van der Waals surface area contributed by atoms with Gasteiger partial charge in [0.2, 0.25) is 0 Å². The van der Waals surface area contributed by atoms with Crippen LogP contribution in [0.1, 0.15) is 52.6 Å². The van der Waals surface area contributed by atoms with Gasteiger partial charge in [0.05, 0.1) is 22.9 Å². The van der Waals surface area contributed by atoms with Crippen molar-refractivity contribution in [1.82, 2.24) is 20.1 Å². The van der Waals surface area contributed by atoms with E-state index in [2.05, 4.69) is 15.4 Å². The van der Waals surface area contributed by atoms with E-state index in [1.165, 1.54) is 17.8 Å². The standard InChI is InChI=1S/C14H18N4OS/c1-3-10-6-12(18(2)17-10)13(19)15-7-11-8-20-14(16-11)9-4-5-9/h6,8-9H,3-5,7H2,1-2H3,(H,15,19). The van der Waals surface area contributed by atoms with Crippen molar-refractivity contribution in [2.75, 3.05) is 0 Å². The lowest BCUT2D eigenvalue weighted by atomic mass is 10.3. The molecule has 3 rings (SSSR count). The van der Waals surface area contributed by atoms with E-state index in [9.17, 15) is 4.79 Å². The first kappa shape index (κ1) is 13.3. The summed E-state index contributed by atoms with van der Waals surface area (Å²) >= 11 is 1.70. The molecule has 0 radical (unpaired) electrons. The second-order valence-electron chi connectivity index (χ2n) is 5.13. The summed E-state index contributed by atoms with van der Waals surface area (Å²) in [6, 6.07) is 1.84. The smallest absolute Gasteiger partial charge is 0.269 e. The number of nitrogens with zero attached hydrogens (tertiary/aromatic N) is 3. The van der Waals surface area contributed by atoms with Gasteiger partial charge in [-0.2, -0.15) is 5.10 Å². The second-order valence-corrected chi connectivity index (χ2v) is 6.02. The summed E-state index contributed by atoms with van der Waals surface area (Å²) in [6.45, 7) is 2.51. The minimum absolute atomic E-state index is 0.0966. The predicted octanol–water partition coefficient (Wildman–Crippen LogP) is 2.25. The zero-order chi connectivity index (χ0) is 14.1. The summed E-state index contributed by atoms with van der Waals surface area (Å²) in [4.78, 5) is 16.7. The topological polar surface area (TPSA) is 59.8 Å². The van der Waals surface area contributed by atoms with E-state index in [-0.39, 0.29) is 5.91 Å². The highest BCUT2D eigenvalue weighted by molar-refractivity contribution is 7.09. The van der Waals surface area contributed by atoms with Gasteiger partial charge in [0.1, 0.15) is 5.69 Å². The molecular weight excluding hydrogens is 272 g/mol. The maximum absolute atomic E-state index is 12.1. The largest absolute Gasteiger partial charge is 0.345 e. The quantitative estimate of drug-likeness (QED) is 0.918. The minimum atomic E-state index is -0.0966. The lowest BCUT2D eigenvalue weighted by Crippen LogP contribution is -2.25. The van der Waals surface area contributed by atoms with E-state index in [0.29, 0.717) is 18.2 Å². The average molecular weight is 290 g/mol. The highest BCUT2D eigenvalue weighted by Gasteiger charge is 2.26. The molecule has 0 unspecified atom stereocenters. The Morgan fingerprint density at radius 3 is 2.95 bits per heavy atom.